The molecule has 0 saturated carbocycles. The summed E-state index contributed by atoms with van der Waals surface area (Å²) in [5.41, 5.74) is 0.757. The Morgan fingerprint density at radius 3 is 2.55 bits per heavy atom. The van der Waals surface area contributed by atoms with Crippen LogP contribution in [0.1, 0.15) is 25.0 Å². The van der Waals surface area contributed by atoms with Gasteiger partial charge < -0.3 is 14.2 Å². The highest BCUT2D eigenvalue weighted by atomic mass is 19.1. The maximum absolute atomic E-state index is 14.3. The Labute approximate surface area is 171 Å². The van der Waals surface area contributed by atoms with Gasteiger partial charge in [0, 0.05) is 13.2 Å². The molecule has 0 spiro atoms. The number of benzene rings is 3. The first-order valence-corrected chi connectivity index (χ1v) is 9.48. The van der Waals surface area contributed by atoms with Gasteiger partial charge in [-0.3, -0.25) is 0 Å². The zero-order valence-electron chi connectivity index (χ0n) is 16.9. The second-order valence-corrected chi connectivity index (χ2v) is 7.11. The van der Waals surface area contributed by atoms with E-state index in [9.17, 15) is 4.39 Å². The van der Waals surface area contributed by atoms with E-state index in [1.165, 1.54) is 17.5 Å². The van der Waals surface area contributed by atoms with Crippen molar-refractivity contribution in [1.82, 2.24) is 0 Å². The van der Waals surface area contributed by atoms with Gasteiger partial charge in [-0.25, -0.2) is 4.39 Å². The molecule has 3 aromatic carbocycles. The Balaban J connectivity index is 1.81. The van der Waals surface area contributed by atoms with Gasteiger partial charge in [0.2, 0.25) is 0 Å². The molecule has 2 atom stereocenters. The van der Waals surface area contributed by atoms with E-state index < -0.39 is 11.4 Å². The standard InChI is InChI=1S/C25H25FO3/c1-5-12-28-18(2)25(3,27-4)22-14-23(26)16-24(15-22)29-17-19-10-11-20-8-6-7-9-21(20)13-19/h1,6-11,13-16,18H,12,17H2,2-4H3. The highest BCUT2D eigenvalue weighted by molar-refractivity contribution is 5.82. The molecular weight excluding hydrogens is 367 g/mol. The Bertz CT molecular complexity index is 1020. The fraction of sp³-hybridized carbons (Fsp3) is 0.280. The minimum absolute atomic E-state index is 0.154. The number of terminal acetylenes is 1. The Hall–Kier alpha value is -2.87. The third kappa shape index (κ3) is 4.76. The molecule has 29 heavy (non-hydrogen) atoms. The highest BCUT2D eigenvalue weighted by Crippen LogP contribution is 2.33. The van der Waals surface area contributed by atoms with Gasteiger partial charge in [0.15, 0.2) is 0 Å². The van der Waals surface area contributed by atoms with Crippen LogP contribution in [0.5, 0.6) is 5.75 Å². The quantitative estimate of drug-likeness (QED) is 0.477. The van der Waals surface area contributed by atoms with Crippen LogP contribution < -0.4 is 4.74 Å². The number of fused-ring (bicyclic) bond motifs is 1. The molecule has 0 radical (unpaired) electrons. The number of methoxy groups -OCH3 is 1. The fourth-order valence-corrected chi connectivity index (χ4v) is 3.28. The van der Waals surface area contributed by atoms with Crippen molar-refractivity contribution >= 4 is 10.8 Å². The van der Waals surface area contributed by atoms with Gasteiger partial charge in [-0.2, -0.15) is 0 Å². The molecule has 0 saturated heterocycles. The van der Waals surface area contributed by atoms with E-state index in [4.69, 9.17) is 20.6 Å². The van der Waals surface area contributed by atoms with E-state index in [0.717, 1.165) is 10.9 Å². The molecule has 0 amide bonds. The summed E-state index contributed by atoms with van der Waals surface area (Å²) in [7, 11) is 1.57. The number of hydrogen-bond acceptors (Lipinski definition) is 3. The van der Waals surface area contributed by atoms with Crippen molar-refractivity contribution in [1.29, 1.82) is 0 Å². The monoisotopic (exact) mass is 392 g/mol. The van der Waals surface area contributed by atoms with Crippen LogP contribution in [0.4, 0.5) is 4.39 Å². The van der Waals surface area contributed by atoms with Crippen molar-refractivity contribution in [3.63, 3.8) is 0 Å². The van der Waals surface area contributed by atoms with E-state index in [2.05, 4.69) is 30.2 Å². The lowest BCUT2D eigenvalue weighted by molar-refractivity contribution is -0.111. The highest BCUT2D eigenvalue weighted by Gasteiger charge is 2.35. The largest absolute Gasteiger partial charge is 0.489 e. The molecule has 0 aliphatic rings. The smallest absolute Gasteiger partial charge is 0.127 e. The summed E-state index contributed by atoms with van der Waals surface area (Å²) in [5, 5.41) is 2.31. The van der Waals surface area contributed by atoms with Crippen molar-refractivity contribution in [2.24, 2.45) is 0 Å². The molecule has 0 aliphatic carbocycles. The lowest BCUT2D eigenvalue weighted by Gasteiger charge is -2.34. The van der Waals surface area contributed by atoms with Crippen LogP contribution in [0.3, 0.4) is 0 Å². The second kappa shape index (κ2) is 9.09. The molecule has 2 unspecified atom stereocenters. The van der Waals surface area contributed by atoms with Crippen LogP contribution in [0.2, 0.25) is 0 Å². The van der Waals surface area contributed by atoms with Crippen LogP contribution in [0.25, 0.3) is 10.8 Å². The second-order valence-electron chi connectivity index (χ2n) is 7.11. The molecule has 3 aromatic rings. The van der Waals surface area contributed by atoms with Crippen LogP contribution in [-0.4, -0.2) is 19.8 Å². The minimum atomic E-state index is -0.875. The Kier molecular flexibility index (Phi) is 6.53. The van der Waals surface area contributed by atoms with E-state index in [1.807, 2.05) is 32.0 Å². The van der Waals surface area contributed by atoms with E-state index in [-0.39, 0.29) is 12.7 Å². The van der Waals surface area contributed by atoms with Gasteiger partial charge in [0.1, 0.15) is 30.4 Å². The maximum atomic E-state index is 14.3. The van der Waals surface area contributed by atoms with Gasteiger partial charge in [-0.1, -0.05) is 42.3 Å². The van der Waals surface area contributed by atoms with E-state index in [0.29, 0.717) is 17.9 Å². The molecule has 4 heteroatoms. The van der Waals surface area contributed by atoms with Gasteiger partial charge in [0.05, 0.1) is 6.10 Å². The summed E-state index contributed by atoms with van der Waals surface area (Å²) < 4.78 is 31.5. The van der Waals surface area contributed by atoms with Crippen LogP contribution in [0.15, 0.2) is 60.7 Å². The maximum Gasteiger partial charge on any atom is 0.127 e. The Morgan fingerprint density at radius 1 is 1.07 bits per heavy atom. The van der Waals surface area contributed by atoms with E-state index in [1.54, 1.807) is 13.2 Å². The predicted octanol–water partition coefficient (Wildman–Crippen LogP) is 5.46. The first kappa shape index (κ1) is 20.9. The average molecular weight is 392 g/mol. The lowest BCUT2D eigenvalue weighted by atomic mass is 9.90. The third-order valence-electron chi connectivity index (χ3n) is 5.28. The first-order valence-electron chi connectivity index (χ1n) is 9.48. The zero-order chi connectivity index (χ0) is 20.9. The lowest BCUT2D eigenvalue weighted by Crippen LogP contribution is -2.38. The number of ether oxygens (including phenoxy) is 3. The zero-order valence-corrected chi connectivity index (χ0v) is 16.9. The summed E-state index contributed by atoms with van der Waals surface area (Å²) in [4.78, 5) is 0. The summed E-state index contributed by atoms with van der Waals surface area (Å²) >= 11 is 0. The molecule has 3 nitrogen and oxygen atoms in total. The van der Waals surface area contributed by atoms with Crippen molar-refractivity contribution < 1.29 is 18.6 Å². The third-order valence-corrected chi connectivity index (χ3v) is 5.28. The summed E-state index contributed by atoms with van der Waals surface area (Å²) in [6.07, 6.45) is 4.91. The fourth-order valence-electron chi connectivity index (χ4n) is 3.28. The van der Waals surface area contributed by atoms with Gasteiger partial charge in [-0.15, -0.1) is 6.42 Å². The molecule has 0 aliphatic heterocycles. The molecule has 0 N–H and O–H groups in total. The summed E-state index contributed by atoms with van der Waals surface area (Å²) in [5.74, 6) is 2.48. The molecular formula is C25H25FO3. The van der Waals surface area contributed by atoms with Gasteiger partial charge in [-0.05, 0) is 53.9 Å². The normalized spacial score (nSPS) is 14.2. The Morgan fingerprint density at radius 2 is 1.83 bits per heavy atom. The first-order chi connectivity index (χ1) is 14.0. The number of rotatable bonds is 8. The average Bonchev–Trinajstić information content (AvgIpc) is 2.74. The van der Waals surface area contributed by atoms with Crippen molar-refractivity contribution in [3.8, 4) is 18.1 Å². The molecule has 0 heterocycles. The van der Waals surface area contributed by atoms with Crippen molar-refractivity contribution in [2.75, 3.05) is 13.7 Å². The minimum Gasteiger partial charge on any atom is -0.489 e. The molecule has 0 aromatic heterocycles. The van der Waals surface area contributed by atoms with Crippen molar-refractivity contribution in [3.05, 3.63) is 77.6 Å². The van der Waals surface area contributed by atoms with Gasteiger partial charge in [0.25, 0.3) is 0 Å². The van der Waals surface area contributed by atoms with Crippen LogP contribution >= 0.6 is 0 Å². The van der Waals surface area contributed by atoms with Crippen LogP contribution in [-0.2, 0) is 21.7 Å². The SMILES string of the molecule is C#CCOC(C)C(C)(OC)c1cc(F)cc(OCc2ccc3ccccc3c2)c1. The molecule has 0 bridgehead atoms. The number of halogens is 1. The van der Waals surface area contributed by atoms with Crippen LogP contribution in [0, 0.1) is 18.2 Å². The topological polar surface area (TPSA) is 27.7 Å². The molecule has 0 fully saturated rings. The van der Waals surface area contributed by atoms with E-state index >= 15 is 0 Å². The predicted molar refractivity (Wildman–Crippen MR) is 113 cm³/mol. The molecule has 150 valence electrons. The number of hydrogen-bond donors (Lipinski definition) is 0. The summed E-state index contributed by atoms with van der Waals surface area (Å²) in [6.45, 7) is 4.18. The summed E-state index contributed by atoms with van der Waals surface area (Å²) in [6, 6.07) is 18.8. The van der Waals surface area contributed by atoms with Gasteiger partial charge >= 0.3 is 0 Å². The molecule has 3 rings (SSSR count). The van der Waals surface area contributed by atoms with Crippen molar-refractivity contribution in [2.45, 2.75) is 32.2 Å².